The van der Waals surface area contributed by atoms with Gasteiger partial charge in [-0.15, -0.1) is 0 Å². The van der Waals surface area contributed by atoms with Gasteiger partial charge in [0.05, 0.1) is 5.02 Å². The average molecular weight is 559 g/mol. The molecule has 0 bridgehead atoms. The number of likely N-dealkylation sites (tertiary alicyclic amines) is 2. The van der Waals surface area contributed by atoms with Crippen molar-refractivity contribution >= 4 is 39.3 Å². The van der Waals surface area contributed by atoms with Crippen molar-refractivity contribution in [2.75, 3.05) is 39.3 Å². The summed E-state index contributed by atoms with van der Waals surface area (Å²) in [7, 11) is 0. The van der Waals surface area contributed by atoms with Crippen LogP contribution in [0.4, 0.5) is 0 Å². The Hall–Kier alpha value is -3.06. The van der Waals surface area contributed by atoms with Gasteiger partial charge in [0.2, 0.25) is 0 Å². The normalized spacial score (nSPS) is 18.2. The van der Waals surface area contributed by atoms with Crippen molar-refractivity contribution in [2.45, 2.75) is 51.8 Å². The third-order valence-corrected chi connectivity index (χ3v) is 8.71. The highest BCUT2D eigenvalue weighted by molar-refractivity contribution is 6.32. The first-order chi connectivity index (χ1) is 19.6. The average Bonchev–Trinajstić information content (AvgIpc) is 3.71. The Bertz CT molecular complexity index is 1490. The smallest absolute Gasteiger partial charge is 0.251 e. The third kappa shape index (κ3) is 5.85. The number of halogens is 1. The van der Waals surface area contributed by atoms with Gasteiger partial charge in [-0.2, -0.15) is 0 Å². The molecule has 2 aliphatic rings. The van der Waals surface area contributed by atoms with Gasteiger partial charge in [0, 0.05) is 60.1 Å². The van der Waals surface area contributed by atoms with E-state index in [2.05, 4.69) is 69.1 Å². The minimum Gasteiger partial charge on any atom is -0.487 e. The van der Waals surface area contributed by atoms with Crippen molar-refractivity contribution in [2.24, 2.45) is 0 Å². The Morgan fingerprint density at radius 3 is 2.62 bits per heavy atom. The van der Waals surface area contributed by atoms with Crippen molar-refractivity contribution in [3.05, 3.63) is 76.8 Å². The lowest BCUT2D eigenvalue weighted by atomic mass is 10.1. The van der Waals surface area contributed by atoms with E-state index in [1.807, 2.05) is 12.1 Å². The topological polar surface area (TPSA) is 49.7 Å². The lowest BCUT2D eigenvalue weighted by Crippen LogP contribution is -2.28. The predicted molar refractivity (Wildman–Crippen MR) is 164 cm³/mol. The van der Waals surface area contributed by atoms with E-state index >= 15 is 0 Å². The summed E-state index contributed by atoms with van der Waals surface area (Å²) in [5.74, 6) is 0.564. The van der Waals surface area contributed by atoms with Crippen LogP contribution >= 0.6 is 11.6 Å². The second kappa shape index (κ2) is 12.2. The van der Waals surface area contributed by atoms with Gasteiger partial charge in [-0.05, 0) is 94.2 Å². The molecule has 1 amide bonds. The molecule has 1 aromatic heterocycles. The number of nitrogens with zero attached hydrogens (tertiary/aromatic N) is 3. The van der Waals surface area contributed by atoms with Gasteiger partial charge in [-0.1, -0.05) is 35.9 Å². The number of hydrogen-bond donors (Lipinski definition) is 1. The van der Waals surface area contributed by atoms with Crippen molar-refractivity contribution in [3.8, 4) is 5.75 Å². The second-order valence-electron chi connectivity index (χ2n) is 11.2. The van der Waals surface area contributed by atoms with Crippen LogP contribution in [0, 0.1) is 0 Å². The van der Waals surface area contributed by atoms with Crippen LogP contribution in [-0.2, 0) is 13.1 Å². The van der Waals surface area contributed by atoms with Crippen LogP contribution in [-0.4, -0.2) is 65.6 Å². The number of para-hydroxylation sites is 1. The van der Waals surface area contributed by atoms with Gasteiger partial charge >= 0.3 is 0 Å². The van der Waals surface area contributed by atoms with Gasteiger partial charge < -0.3 is 19.5 Å². The van der Waals surface area contributed by atoms with Crippen molar-refractivity contribution in [1.82, 2.24) is 19.7 Å². The van der Waals surface area contributed by atoms with Gasteiger partial charge in [-0.3, -0.25) is 9.69 Å². The standard InChI is InChI=1S/C33H39ClN4O2/c1-2-38-30-9-4-3-8-27(30)28-20-24(10-12-31(28)38)22-37-19-14-26(23-37)40-32-13-11-25(21-29(32)34)33(39)35-15-7-18-36-16-5-6-17-36/h3-4,8-13,20-21,26H,2,5-7,14-19,22-23H2,1H3,(H,35,39)/t26-/m0/s1. The summed E-state index contributed by atoms with van der Waals surface area (Å²) in [6.45, 7) is 9.99. The summed E-state index contributed by atoms with van der Waals surface area (Å²) in [6.07, 6.45) is 4.58. The number of nitrogens with one attached hydrogen (secondary N) is 1. The summed E-state index contributed by atoms with van der Waals surface area (Å²) >= 11 is 6.56. The van der Waals surface area contributed by atoms with Gasteiger partial charge in [0.1, 0.15) is 11.9 Å². The maximum Gasteiger partial charge on any atom is 0.251 e. The van der Waals surface area contributed by atoms with Crippen LogP contribution in [0.2, 0.25) is 5.02 Å². The van der Waals surface area contributed by atoms with E-state index in [4.69, 9.17) is 16.3 Å². The molecule has 0 radical (unpaired) electrons. The molecule has 2 aliphatic heterocycles. The number of carbonyl (C=O) groups is 1. The lowest BCUT2D eigenvalue weighted by molar-refractivity contribution is 0.0952. The summed E-state index contributed by atoms with van der Waals surface area (Å²) in [6, 6.07) is 20.9. The molecule has 4 aromatic rings. The summed E-state index contributed by atoms with van der Waals surface area (Å²) in [5.41, 5.74) is 4.49. The SMILES string of the molecule is CCn1c2ccccc2c2cc(CN3CC[C@H](Oc4ccc(C(=O)NCCCN5CCCC5)cc4Cl)C3)ccc21. The molecule has 3 aromatic carbocycles. The fraction of sp³-hybridized carbons (Fsp3) is 0.424. The Morgan fingerprint density at radius 2 is 1.80 bits per heavy atom. The van der Waals surface area contributed by atoms with E-state index < -0.39 is 0 Å². The molecule has 6 nitrogen and oxygen atoms in total. The van der Waals surface area contributed by atoms with Crippen LogP contribution in [0.1, 0.15) is 48.5 Å². The first-order valence-corrected chi connectivity index (χ1v) is 15.2. The van der Waals surface area contributed by atoms with E-state index in [9.17, 15) is 4.79 Å². The fourth-order valence-corrected chi connectivity index (χ4v) is 6.59. The molecular weight excluding hydrogens is 520 g/mol. The third-order valence-electron chi connectivity index (χ3n) is 8.41. The van der Waals surface area contributed by atoms with Crippen molar-refractivity contribution < 1.29 is 9.53 Å². The maximum absolute atomic E-state index is 12.6. The highest BCUT2D eigenvalue weighted by Gasteiger charge is 2.25. The Morgan fingerprint density at radius 1 is 0.975 bits per heavy atom. The molecule has 1 atom stereocenters. The molecule has 3 heterocycles. The molecule has 2 fully saturated rings. The molecular formula is C33H39ClN4O2. The van der Waals surface area contributed by atoms with Crippen molar-refractivity contribution in [3.63, 3.8) is 0 Å². The largest absolute Gasteiger partial charge is 0.487 e. The molecule has 0 unspecified atom stereocenters. The molecule has 0 saturated carbocycles. The number of rotatable bonds is 10. The Balaban J connectivity index is 1.03. The minimum atomic E-state index is -0.0825. The lowest BCUT2D eigenvalue weighted by Gasteiger charge is -2.18. The predicted octanol–water partition coefficient (Wildman–Crippen LogP) is 6.34. The van der Waals surface area contributed by atoms with Gasteiger partial charge in [0.25, 0.3) is 5.91 Å². The molecule has 2 saturated heterocycles. The molecule has 1 N–H and O–H groups in total. The van der Waals surface area contributed by atoms with E-state index in [-0.39, 0.29) is 12.0 Å². The monoisotopic (exact) mass is 558 g/mol. The Labute approximate surface area is 241 Å². The molecule has 210 valence electrons. The zero-order valence-corrected chi connectivity index (χ0v) is 24.1. The maximum atomic E-state index is 12.6. The number of benzene rings is 3. The van der Waals surface area contributed by atoms with Crippen LogP contribution < -0.4 is 10.1 Å². The quantitative estimate of drug-likeness (QED) is 0.231. The molecule has 0 spiro atoms. The summed E-state index contributed by atoms with van der Waals surface area (Å²) in [5, 5.41) is 6.15. The zero-order chi connectivity index (χ0) is 27.5. The van der Waals surface area contributed by atoms with E-state index in [1.165, 1.54) is 53.3 Å². The van der Waals surface area contributed by atoms with Gasteiger partial charge in [0.15, 0.2) is 0 Å². The highest BCUT2D eigenvalue weighted by atomic mass is 35.5. The first-order valence-electron chi connectivity index (χ1n) is 14.8. The highest BCUT2D eigenvalue weighted by Crippen LogP contribution is 2.31. The van der Waals surface area contributed by atoms with Crippen molar-refractivity contribution in [1.29, 1.82) is 0 Å². The minimum absolute atomic E-state index is 0.0773. The van der Waals surface area contributed by atoms with Crippen LogP contribution in [0.3, 0.4) is 0 Å². The van der Waals surface area contributed by atoms with Crippen LogP contribution in [0.5, 0.6) is 5.75 Å². The molecule has 6 rings (SSSR count). The first kappa shape index (κ1) is 27.1. The number of hydrogen-bond acceptors (Lipinski definition) is 4. The summed E-state index contributed by atoms with van der Waals surface area (Å²) in [4.78, 5) is 17.5. The second-order valence-corrected chi connectivity index (χ2v) is 11.6. The number of aryl methyl sites for hydroxylation is 1. The molecule has 40 heavy (non-hydrogen) atoms. The number of carbonyl (C=O) groups excluding carboxylic acids is 1. The van der Waals surface area contributed by atoms with Gasteiger partial charge in [-0.25, -0.2) is 0 Å². The van der Waals surface area contributed by atoms with Crippen LogP contribution in [0.15, 0.2) is 60.7 Å². The Kier molecular flexibility index (Phi) is 8.28. The van der Waals surface area contributed by atoms with E-state index in [0.717, 1.165) is 45.6 Å². The number of amides is 1. The number of fused-ring (bicyclic) bond motifs is 3. The number of aromatic nitrogens is 1. The zero-order valence-electron chi connectivity index (χ0n) is 23.4. The summed E-state index contributed by atoms with van der Waals surface area (Å²) < 4.78 is 8.69. The fourth-order valence-electron chi connectivity index (χ4n) is 6.37. The van der Waals surface area contributed by atoms with E-state index in [0.29, 0.717) is 22.9 Å². The number of ether oxygens (including phenoxy) is 1. The van der Waals surface area contributed by atoms with Crippen LogP contribution in [0.25, 0.3) is 21.8 Å². The molecule has 7 heteroatoms. The van der Waals surface area contributed by atoms with E-state index in [1.54, 1.807) is 6.07 Å². The molecule has 0 aliphatic carbocycles.